The molecule has 2 aliphatic rings. The number of ether oxygens (including phenoxy) is 3. The third-order valence-corrected chi connectivity index (χ3v) is 4.37. The fourth-order valence-corrected chi connectivity index (χ4v) is 3.24. The highest BCUT2D eigenvalue weighted by Gasteiger charge is 2.24. The van der Waals surface area contributed by atoms with Crippen LogP contribution in [0.25, 0.3) is 0 Å². The van der Waals surface area contributed by atoms with E-state index in [1.54, 1.807) is 6.92 Å². The lowest BCUT2D eigenvalue weighted by Gasteiger charge is -2.32. The van der Waals surface area contributed by atoms with Crippen molar-refractivity contribution < 1.29 is 14.2 Å². The zero-order valence-corrected chi connectivity index (χ0v) is 14.2. The normalized spacial score (nSPS) is 20.4. The first-order valence-corrected chi connectivity index (χ1v) is 8.48. The molecule has 7 nitrogen and oxygen atoms in total. The summed E-state index contributed by atoms with van der Waals surface area (Å²) in [5, 5.41) is 0. The second-order valence-corrected chi connectivity index (χ2v) is 6.33. The monoisotopic (exact) mass is 343 g/mol. The second-order valence-electron chi connectivity index (χ2n) is 6.33. The van der Waals surface area contributed by atoms with Crippen LogP contribution in [0, 0.1) is 6.92 Å². The quantitative estimate of drug-likeness (QED) is 0.908. The van der Waals surface area contributed by atoms with Crippen LogP contribution in [-0.4, -0.2) is 47.8 Å². The van der Waals surface area contributed by atoms with Crippen molar-refractivity contribution in [2.75, 3.05) is 32.9 Å². The minimum Gasteiger partial charge on any atom is -0.486 e. The molecule has 3 heterocycles. The highest BCUT2D eigenvalue weighted by molar-refractivity contribution is 5.43. The van der Waals surface area contributed by atoms with Gasteiger partial charge in [0, 0.05) is 25.7 Å². The molecule has 0 unspecified atom stereocenters. The minimum atomic E-state index is -0.188. The second kappa shape index (κ2) is 6.85. The van der Waals surface area contributed by atoms with Gasteiger partial charge in [0.15, 0.2) is 11.5 Å². The maximum Gasteiger partial charge on any atom is 0.251 e. The van der Waals surface area contributed by atoms with Gasteiger partial charge in [-0.3, -0.25) is 9.69 Å². The lowest BCUT2D eigenvalue weighted by molar-refractivity contribution is -0.0352. The summed E-state index contributed by atoms with van der Waals surface area (Å²) in [5.41, 5.74) is 1.71. The van der Waals surface area contributed by atoms with Crippen molar-refractivity contribution in [3.05, 3.63) is 51.7 Å². The summed E-state index contributed by atoms with van der Waals surface area (Å²) >= 11 is 0. The van der Waals surface area contributed by atoms with Gasteiger partial charge >= 0.3 is 0 Å². The number of hydrogen-bond donors (Lipinski definition) is 1. The molecule has 25 heavy (non-hydrogen) atoms. The summed E-state index contributed by atoms with van der Waals surface area (Å²) < 4.78 is 17.1. The van der Waals surface area contributed by atoms with Gasteiger partial charge in [-0.15, -0.1) is 0 Å². The van der Waals surface area contributed by atoms with Crippen molar-refractivity contribution in [2.45, 2.75) is 19.6 Å². The van der Waals surface area contributed by atoms with Crippen LogP contribution in [0.3, 0.4) is 0 Å². The van der Waals surface area contributed by atoms with E-state index in [-0.39, 0.29) is 11.7 Å². The zero-order chi connectivity index (χ0) is 17.2. The highest BCUT2D eigenvalue weighted by Crippen LogP contribution is 2.31. The van der Waals surface area contributed by atoms with Crippen molar-refractivity contribution in [1.29, 1.82) is 0 Å². The van der Waals surface area contributed by atoms with Crippen LogP contribution in [-0.2, 0) is 11.3 Å². The van der Waals surface area contributed by atoms with Crippen molar-refractivity contribution in [1.82, 2.24) is 14.9 Å². The van der Waals surface area contributed by atoms with Crippen LogP contribution in [0.4, 0.5) is 0 Å². The van der Waals surface area contributed by atoms with E-state index in [0.717, 1.165) is 24.6 Å². The van der Waals surface area contributed by atoms with Gasteiger partial charge in [0.1, 0.15) is 25.1 Å². The van der Waals surface area contributed by atoms with Crippen molar-refractivity contribution >= 4 is 0 Å². The van der Waals surface area contributed by atoms with Crippen molar-refractivity contribution in [2.24, 2.45) is 0 Å². The van der Waals surface area contributed by atoms with Gasteiger partial charge in [-0.25, -0.2) is 4.98 Å². The van der Waals surface area contributed by atoms with Gasteiger partial charge < -0.3 is 19.2 Å². The molecule has 7 heteroatoms. The minimum absolute atomic E-state index is 0.143. The van der Waals surface area contributed by atoms with Gasteiger partial charge in [-0.2, -0.15) is 0 Å². The molecule has 1 fully saturated rings. The van der Waals surface area contributed by atoms with Crippen LogP contribution in [0.5, 0.6) is 11.5 Å². The van der Waals surface area contributed by atoms with Gasteiger partial charge in [0.2, 0.25) is 0 Å². The summed E-state index contributed by atoms with van der Waals surface area (Å²) in [6.45, 7) is 5.91. The molecule has 1 aromatic heterocycles. The number of rotatable bonds is 3. The molecule has 1 saturated heterocycles. The molecular weight excluding hydrogens is 322 g/mol. The zero-order valence-electron chi connectivity index (χ0n) is 14.2. The number of nitrogens with one attached hydrogen (secondary N) is 1. The molecule has 2 aromatic rings. The summed E-state index contributed by atoms with van der Waals surface area (Å²) in [5.74, 6) is 2.22. The number of hydrogen-bond acceptors (Lipinski definition) is 6. The Balaban J connectivity index is 1.47. The number of nitrogens with zero attached hydrogens (tertiary/aromatic N) is 2. The van der Waals surface area contributed by atoms with Gasteiger partial charge in [-0.1, -0.05) is 6.07 Å². The molecule has 0 spiro atoms. The van der Waals surface area contributed by atoms with E-state index in [1.807, 2.05) is 12.1 Å². The smallest absolute Gasteiger partial charge is 0.251 e. The van der Waals surface area contributed by atoms with Gasteiger partial charge in [0.05, 0.1) is 12.3 Å². The number of aryl methyl sites for hydroxylation is 1. The molecule has 2 aliphatic heterocycles. The fourth-order valence-electron chi connectivity index (χ4n) is 3.24. The van der Waals surface area contributed by atoms with E-state index < -0.39 is 0 Å². The number of fused-ring (bicyclic) bond motifs is 1. The molecule has 0 radical (unpaired) electrons. The maximum atomic E-state index is 11.7. The Kier molecular flexibility index (Phi) is 4.42. The Labute approximate surface area is 145 Å². The Bertz CT molecular complexity index is 820. The molecule has 0 bridgehead atoms. The van der Waals surface area contributed by atoms with E-state index in [4.69, 9.17) is 14.2 Å². The summed E-state index contributed by atoms with van der Waals surface area (Å²) in [4.78, 5) is 21.1. The number of H-pyrrole nitrogens is 1. The first-order chi connectivity index (χ1) is 12.2. The largest absolute Gasteiger partial charge is 0.486 e. The predicted molar refractivity (Wildman–Crippen MR) is 91.0 cm³/mol. The van der Waals surface area contributed by atoms with E-state index >= 15 is 0 Å². The van der Waals surface area contributed by atoms with E-state index in [1.165, 1.54) is 11.6 Å². The van der Waals surface area contributed by atoms with Crippen LogP contribution in [0.1, 0.15) is 23.2 Å². The van der Waals surface area contributed by atoms with Crippen LogP contribution in [0.2, 0.25) is 0 Å². The Morgan fingerprint density at radius 3 is 2.88 bits per heavy atom. The standard InChI is InChI=1S/C18H21N3O4/c1-12-19-14(9-18(22)20-12)17-11-21(4-5-23-17)10-13-2-3-15-16(8-13)25-7-6-24-15/h2-3,8-9,17H,4-7,10-11H2,1H3,(H,19,20,22)/t17-/m0/s1. The lowest BCUT2D eigenvalue weighted by Crippen LogP contribution is -2.38. The predicted octanol–water partition coefficient (Wildman–Crippen LogP) is 1.42. The first kappa shape index (κ1) is 16.1. The molecular formula is C18H21N3O4. The maximum absolute atomic E-state index is 11.7. The van der Waals surface area contributed by atoms with Crippen LogP contribution >= 0.6 is 0 Å². The van der Waals surface area contributed by atoms with E-state index in [9.17, 15) is 4.79 Å². The lowest BCUT2D eigenvalue weighted by atomic mass is 10.1. The highest BCUT2D eigenvalue weighted by atomic mass is 16.6. The van der Waals surface area contributed by atoms with Crippen molar-refractivity contribution in [3.63, 3.8) is 0 Å². The van der Waals surface area contributed by atoms with E-state index in [0.29, 0.717) is 37.9 Å². The van der Waals surface area contributed by atoms with Gasteiger partial charge in [-0.05, 0) is 24.6 Å². The molecule has 132 valence electrons. The summed E-state index contributed by atoms with van der Waals surface area (Å²) in [6, 6.07) is 7.58. The summed E-state index contributed by atoms with van der Waals surface area (Å²) in [6.07, 6.45) is -0.188. The molecule has 0 saturated carbocycles. The Morgan fingerprint density at radius 2 is 2.04 bits per heavy atom. The SMILES string of the molecule is Cc1nc([C@@H]2CN(Cc3ccc4c(c3)OCCO4)CCO2)cc(=O)[nH]1. The third-order valence-electron chi connectivity index (χ3n) is 4.37. The average Bonchev–Trinajstić information content (AvgIpc) is 2.61. The molecule has 0 aliphatic carbocycles. The number of morpholine rings is 1. The van der Waals surface area contributed by atoms with Crippen LogP contribution < -0.4 is 15.0 Å². The molecule has 1 N–H and O–H groups in total. The summed E-state index contributed by atoms with van der Waals surface area (Å²) in [7, 11) is 0. The number of aromatic nitrogens is 2. The Hall–Kier alpha value is -2.38. The van der Waals surface area contributed by atoms with Crippen LogP contribution in [0.15, 0.2) is 29.1 Å². The topological polar surface area (TPSA) is 76.7 Å². The average molecular weight is 343 g/mol. The number of benzene rings is 1. The third kappa shape index (κ3) is 3.67. The van der Waals surface area contributed by atoms with E-state index in [2.05, 4.69) is 20.9 Å². The Morgan fingerprint density at radius 1 is 1.20 bits per heavy atom. The molecule has 1 atom stereocenters. The van der Waals surface area contributed by atoms with Gasteiger partial charge in [0.25, 0.3) is 5.56 Å². The fraction of sp³-hybridized carbons (Fsp3) is 0.444. The molecule has 1 aromatic carbocycles. The number of aromatic amines is 1. The molecule has 4 rings (SSSR count). The molecule has 0 amide bonds. The first-order valence-electron chi connectivity index (χ1n) is 8.48. The van der Waals surface area contributed by atoms with Crippen molar-refractivity contribution in [3.8, 4) is 11.5 Å².